The Morgan fingerprint density at radius 3 is 2.82 bits per heavy atom. The molecule has 1 aliphatic carbocycles. The minimum Gasteiger partial charge on any atom is -0.481 e. The largest absolute Gasteiger partial charge is 0.481 e. The average Bonchev–Trinajstić information content (AvgIpc) is 2.69. The second kappa shape index (κ2) is 2.21. The van der Waals surface area contributed by atoms with E-state index in [1.54, 1.807) is 0 Å². The van der Waals surface area contributed by atoms with Crippen molar-refractivity contribution in [3.8, 4) is 0 Å². The number of nitrogens with one attached hydrogen (secondary N) is 1. The lowest BCUT2D eigenvalue weighted by atomic mass is 9.88. The van der Waals surface area contributed by atoms with Crippen LogP contribution >= 0.6 is 0 Å². The van der Waals surface area contributed by atoms with Crippen LogP contribution in [-0.2, 0) is 4.79 Å². The van der Waals surface area contributed by atoms with E-state index in [4.69, 9.17) is 5.11 Å². The van der Waals surface area contributed by atoms with Crippen LogP contribution in [0.1, 0.15) is 19.3 Å². The molecule has 2 fully saturated rings. The van der Waals surface area contributed by atoms with Crippen LogP contribution in [-0.4, -0.2) is 24.2 Å². The van der Waals surface area contributed by atoms with Gasteiger partial charge in [0.25, 0.3) is 0 Å². The number of carbonyl (C=O) groups is 1. The van der Waals surface area contributed by atoms with Crippen LogP contribution in [0, 0.1) is 11.3 Å². The molecule has 0 bridgehead atoms. The van der Waals surface area contributed by atoms with Gasteiger partial charge in [0.05, 0.1) is 5.92 Å². The highest BCUT2D eigenvalue weighted by atomic mass is 16.4. The fourth-order valence-electron chi connectivity index (χ4n) is 1.91. The molecule has 2 aliphatic rings. The Labute approximate surface area is 65.8 Å². The zero-order valence-electron chi connectivity index (χ0n) is 6.47. The molecule has 0 unspecified atom stereocenters. The number of carboxylic acids is 1. The summed E-state index contributed by atoms with van der Waals surface area (Å²) in [5, 5.41) is 11.9. The molecule has 11 heavy (non-hydrogen) atoms. The molecular formula is C8H13NO2. The molecule has 3 nitrogen and oxygen atoms in total. The van der Waals surface area contributed by atoms with Gasteiger partial charge in [0, 0.05) is 13.1 Å². The Bertz CT molecular complexity index is 187. The predicted octanol–water partition coefficient (Wildman–Crippen LogP) is 0.461. The Kier molecular flexibility index (Phi) is 1.42. The molecule has 0 aromatic rings. The molecule has 3 heteroatoms. The van der Waals surface area contributed by atoms with Crippen molar-refractivity contribution in [2.24, 2.45) is 11.3 Å². The summed E-state index contributed by atoms with van der Waals surface area (Å²) >= 11 is 0. The van der Waals surface area contributed by atoms with Crippen molar-refractivity contribution in [3.05, 3.63) is 0 Å². The third-order valence-corrected chi connectivity index (χ3v) is 2.88. The van der Waals surface area contributed by atoms with Gasteiger partial charge in [0.15, 0.2) is 0 Å². The van der Waals surface area contributed by atoms with Crippen molar-refractivity contribution in [3.63, 3.8) is 0 Å². The van der Waals surface area contributed by atoms with E-state index in [0.717, 1.165) is 13.0 Å². The lowest BCUT2D eigenvalue weighted by molar-refractivity contribution is -0.143. The van der Waals surface area contributed by atoms with Gasteiger partial charge in [0.2, 0.25) is 0 Å². The van der Waals surface area contributed by atoms with E-state index < -0.39 is 5.97 Å². The second-order valence-electron chi connectivity index (χ2n) is 3.87. The molecule has 62 valence electrons. The van der Waals surface area contributed by atoms with E-state index in [2.05, 4.69) is 5.32 Å². The monoisotopic (exact) mass is 155 g/mol. The van der Waals surface area contributed by atoms with E-state index >= 15 is 0 Å². The maximum absolute atomic E-state index is 10.6. The molecular weight excluding hydrogens is 142 g/mol. The highest BCUT2D eigenvalue weighted by molar-refractivity contribution is 5.70. The van der Waals surface area contributed by atoms with Gasteiger partial charge in [-0.1, -0.05) is 0 Å². The van der Waals surface area contributed by atoms with Crippen molar-refractivity contribution in [2.75, 3.05) is 13.1 Å². The van der Waals surface area contributed by atoms with Crippen LogP contribution in [0.2, 0.25) is 0 Å². The summed E-state index contributed by atoms with van der Waals surface area (Å²) in [6, 6.07) is 0. The quantitative estimate of drug-likeness (QED) is 0.578. The SMILES string of the molecule is O=C(O)[C@H]1CNCC2(CC2)C1. The lowest BCUT2D eigenvalue weighted by Gasteiger charge is -2.27. The van der Waals surface area contributed by atoms with Crippen molar-refractivity contribution in [1.29, 1.82) is 0 Å². The number of rotatable bonds is 1. The van der Waals surface area contributed by atoms with E-state index in [1.165, 1.54) is 12.8 Å². The van der Waals surface area contributed by atoms with Gasteiger partial charge in [-0.05, 0) is 24.7 Å². The Morgan fingerprint density at radius 1 is 1.55 bits per heavy atom. The molecule has 2 N–H and O–H groups in total. The third-order valence-electron chi connectivity index (χ3n) is 2.88. The van der Waals surface area contributed by atoms with Crippen molar-refractivity contribution < 1.29 is 9.90 Å². The topological polar surface area (TPSA) is 49.3 Å². The van der Waals surface area contributed by atoms with E-state index in [9.17, 15) is 4.79 Å². The van der Waals surface area contributed by atoms with Crippen LogP contribution < -0.4 is 5.32 Å². The minimum absolute atomic E-state index is 0.133. The van der Waals surface area contributed by atoms with Gasteiger partial charge >= 0.3 is 5.97 Å². The van der Waals surface area contributed by atoms with Crippen LogP contribution in [0.3, 0.4) is 0 Å². The maximum Gasteiger partial charge on any atom is 0.307 e. The maximum atomic E-state index is 10.6. The zero-order valence-corrected chi connectivity index (χ0v) is 6.47. The number of piperidine rings is 1. The summed E-state index contributed by atoms with van der Waals surface area (Å²) in [7, 11) is 0. The number of hydrogen-bond acceptors (Lipinski definition) is 2. The molecule has 0 aromatic heterocycles. The van der Waals surface area contributed by atoms with Gasteiger partial charge in [-0.2, -0.15) is 0 Å². The Morgan fingerprint density at radius 2 is 2.27 bits per heavy atom. The molecule has 1 saturated heterocycles. The second-order valence-corrected chi connectivity index (χ2v) is 3.87. The molecule has 0 amide bonds. The van der Waals surface area contributed by atoms with Gasteiger partial charge in [0.1, 0.15) is 0 Å². The summed E-state index contributed by atoms with van der Waals surface area (Å²) in [5.74, 6) is -0.769. The first-order valence-corrected chi connectivity index (χ1v) is 4.15. The predicted molar refractivity (Wildman–Crippen MR) is 40.3 cm³/mol. The summed E-state index contributed by atoms with van der Waals surface area (Å²) < 4.78 is 0. The Hall–Kier alpha value is -0.570. The molecule has 1 spiro atoms. The average molecular weight is 155 g/mol. The molecule has 1 saturated carbocycles. The van der Waals surface area contributed by atoms with Crippen LogP contribution in [0.25, 0.3) is 0 Å². The van der Waals surface area contributed by atoms with Crippen LogP contribution in [0.15, 0.2) is 0 Å². The number of aliphatic carboxylic acids is 1. The van der Waals surface area contributed by atoms with Gasteiger partial charge in [-0.25, -0.2) is 0 Å². The summed E-state index contributed by atoms with van der Waals surface area (Å²) in [5.41, 5.74) is 0.390. The third kappa shape index (κ3) is 1.25. The van der Waals surface area contributed by atoms with Crippen LogP contribution in [0.5, 0.6) is 0 Å². The van der Waals surface area contributed by atoms with Crippen molar-refractivity contribution >= 4 is 5.97 Å². The van der Waals surface area contributed by atoms with Gasteiger partial charge in [-0.3, -0.25) is 4.79 Å². The summed E-state index contributed by atoms with van der Waals surface area (Å²) in [6.45, 7) is 1.70. The van der Waals surface area contributed by atoms with Crippen molar-refractivity contribution in [2.45, 2.75) is 19.3 Å². The summed E-state index contributed by atoms with van der Waals surface area (Å²) in [4.78, 5) is 10.6. The normalized spacial score (nSPS) is 33.6. The minimum atomic E-state index is -0.636. The van der Waals surface area contributed by atoms with E-state index in [-0.39, 0.29) is 5.92 Å². The van der Waals surface area contributed by atoms with E-state index in [0.29, 0.717) is 12.0 Å². The number of hydrogen-bond donors (Lipinski definition) is 2. The Balaban J connectivity index is 1.98. The first-order chi connectivity index (χ1) is 5.22. The molecule has 0 aromatic carbocycles. The highest BCUT2D eigenvalue weighted by Crippen LogP contribution is 2.51. The number of carboxylic acid groups (broad SMARTS) is 1. The smallest absolute Gasteiger partial charge is 0.307 e. The summed E-state index contributed by atoms with van der Waals surface area (Å²) in [6.07, 6.45) is 3.35. The van der Waals surface area contributed by atoms with Crippen molar-refractivity contribution in [1.82, 2.24) is 5.32 Å². The highest BCUT2D eigenvalue weighted by Gasteiger charge is 2.47. The molecule has 2 rings (SSSR count). The lowest BCUT2D eigenvalue weighted by Crippen LogP contribution is -2.40. The zero-order chi connectivity index (χ0) is 7.90. The molecule has 1 aliphatic heterocycles. The van der Waals surface area contributed by atoms with Gasteiger partial charge in [-0.15, -0.1) is 0 Å². The first kappa shape index (κ1) is 7.10. The molecule has 1 atom stereocenters. The molecule has 0 radical (unpaired) electrons. The van der Waals surface area contributed by atoms with E-state index in [1.807, 2.05) is 0 Å². The van der Waals surface area contributed by atoms with Gasteiger partial charge < -0.3 is 10.4 Å². The fourth-order valence-corrected chi connectivity index (χ4v) is 1.91. The fraction of sp³-hybridized carbons (Fsp3) is 0.875. The molecule has 1 heterocycles. The van der Waals surface area contributed by atoms with Crippen LogP contribution in [0.4, 0.5) is 0 Å². The first-order valence-electron chi connectivity index (χ1n) is 4.15. The standard InChI is InChI=1S/C8H13NO2/c10-7(11)6-3-8(1-2-8)5-9-4-6/h6,9H,1-5H2,(H,10,11)/t6-/m1/s1.